The largest absolute Gasteiger partial charge is 0.493 e. The lowest BCUT2D eigenvalue weighted by atomic mass is 10.1. The van der Waals surface area contributed by atoms with E-state index in [0.29, 0.717) is 18.7 Å². The molecule has 0 fully saturated rings. The minimum absolute atomic E-state index is 0.297. The lowest BCUT2D eigenvalue weighted by molar-refractivity contribution is 0.391. The maximum Gasteiger partial charge on any atom is 0.165 e. The summed E-state index contributed by atoms with van der Waals surface area (Å²) in [7, 11) is 1.48. The Morgan fingerprint density at radius 2 is 2.19 bits per heavy atom. The first-order valence-corrected chi connectivity index (χ1v) is 5.22. The van der Waals surface area contributed by atoms with Gasteiger partial charge >= 0.3 is 0 Å². The van der Waals surface area contributed by atoms with Gasteiger partial charge in [0, 0.05) is 16.6 Å². The van der Waals surface area contributed by atoms with Gasteiger partial charge in [-0.3, -0.25) is 0 Å². The third-order valence-corrected chi connectivity index (χ3v) is 2.78. The van der Waals surface area contributed by atoms with E-state index < -0.39 is 0 Å². The number of fused-ring (bicyclic) bond motifs is 1. The Morgan fingerprint density at radius 1 is 1.44 bits per heavy atom. The van der Waals surface area contributed by atoms with Crippen LogP contribution in [0.1, 0.15) is 11.3 Å². The van der Waals surface area contributed by atoms with Crippen molar-refractivity contribution in [1.82, 2.24) is 4.98 Å². The van der Waals surface area contributed by atoms with Gasteiger partial charge in [0.2, 0.25) is 0 Å². The molecule has 1 aromatic carbocycles. The van der Waals surface area contributed by atoms with Gasteiger partial charge in [-0.15, -0.1) is 0 Å². The van der Waals surface area contributed by atoms with Crippen molar-refractivity contribution in [3.63, 3.8) is 0 Å². The van der Waals surface area contributed by atoms with Crippen LogP contribution in [0.2, 0.25) is 0 Å². The van der Waals surface area contributed by atoms with E-state index >= 15 is 0 Å². The van der Waals surface area contributed by atoms with Crippen molar-refractivity contribution in [2.24, 2.45) is 5.73 Å². The Balaban J connectivity index is 2.77. The molecular formula is C12H15FN2O. The van der Waals surface area contributed by atoms with Crippen LogP contribution >= 0.6 is 0 Å². The Morgan fingerprint density at radius 3 is 2.81 bits per heavy atom. The van der Waals surface area contributed by atoms with Gasteiger partial charge in [0.1, 0.15) is 0 Å². The fraction of sp³-hybridized carbons (Fsp3) is 0.333. The molecule has 0 saturated heterocycles. The zero-order valence-electron chi connectivity index (χ0n) is 9.43. The fourth-order valence-corrected chi connectivity index (χ4v) is 2.08. The Labute approximate surface area is 93.4 Å². The first kappa shape index (κ1) is 11.0. The molecule has 0 unspecified atom stereocenters. The van der Waals surface area contributed by atoms with Gasteiger partial charge in [0.15, 0.2) is 11.6 Å². The molecule has 4 heteroatoms. The SMILES string of the molecule is COc1c(F)ccc2[nH]c(C)c(CCN)c12. The van der Waals surface area contributed by atoms with E-state index in [9.17, 15) is 4.39 Å². The number of rotatable bonds is 3. The average molecular weight is 222 g/mol. The summed E-state index contributed by atoms with van der Waals surface area (Å²) in [5, 5.41) is 0.811. The first-order chi connectivity index (χ1) is 7.69. The lowest BCUT2D eigenvalue weighted by Crippen LogP contribution is -2.03. The monoisotopic (exact) mass is 222 g/mol. The van der Waals surface area contributed by atoms with E-state index in [4.69, 9.17) is 10.5 Å². The molecule has 0 spiro atoms. The first-order valence-electron chi connectivity index (χ1n) is 5.22. The summed E-state index contributed by atoms with van der Waals surface area (Å²) in [6.07, 6.45) is 0.714. The third-order valence-electron chi connectivity index (χ3n) is 2.78. The van der Waals surface area contributed by atoms with Crippen LogP contribution in [0, 0.1) is 12.7 Å². The molecule has 0 radical (unpaired) electrons. The quantitative estimate of drug-likeness (QED) is 0.835. The number of hydrogen-bond donors (Lipinski definition) is 2. The van der Waals surface area contributed by atoms with Crippen molar-refractivity contribution >= 4 is 10.9 Å². The van der Waals surface area contributed by atoms with Crippen LogP contribution < -0.4 is 10.5 Å². The van der Waals surface area contributed by atoms with E-state index in [0.717, 1.165) is 22.2 Å². The van der Waals surface area contributed by atoms with Crippen LogP contribution in [0.3, 0.4) is 0 Å². The van der Waals surface area contributed by atoms with Gasteiger partial charge in [-0.2, -0.15) is 0 Å². The van der Waals surface area contributed by atoms with E-state index in [1.54, 1.807) is 6.07 Å². The van der Waals surface area contributed by atoms with Gasteiger partial charge in [-0.05, 0) is 37.6 Å². The maximum atomic E-state index is 13.6. The lowest BCUT2D eigenvalue weighted by Gasteiger charge is -2.05. The second-order valence-electron chi connectivity index (χ2n) is 3.77. The molecule has 0 aliphatic carbocycles. The molecule has 1 heterocycles. The van der Waals surface area contributed by atoms with Crippen molar-refractivity contribution in [3.05, 3.63) is 29.2 Å². The van der Waals surface area contributed by atoms with Gasteiger partial charge in [0.05, 0.1) is 7.11 Å². The van der Waals surface area contributed by atoms with Crippen molar-refractivity contribution in [1.29, 1.82) is 0 Å². The molecule has 1 aromatic heterocycles. The predicted octanol–water partition coefficient (Wildman–Crippen LogP) is 2.13. The van der Waals surface area contributed by atoms with Crippen LogP contribution in [0.4, 0.5) is 4.39 Å². The number of aromatic amines is 1. The second kappa shape index (κ2) is 4.14. The predicted molar refractivity (Wildman–Crippen MR) is 62.3 cm³/mol. The van der Waals surface area contributed by atoms with Crippen LogP contribution in [0.15, 0.2) is 12.1 Å². The molecule has 2 rings (SSSR count). The number of nitrogens with two attached hydrogens (primary N) is 1. The number of H-pyrrole nitrogens is 1. The fourth-order valence-electron chi connectivity index (χ4n) is 2.08. The Kier molecular flexibility index (Phi) is 2.83. The molecule has 16 heavy (non-hydrogen) atoms. The Hall–Kier alpha value is -1.55. The van der Waals surface area contributed by atoms with Gasteiger partial charge < -0.3 is 15.5 Å². The Bertz CT molecular complexity index is 519. The number of nitrogens with one attached hydrogen (secondary N) is 1. The van der Waals surface area contributed by atoms with Crippen LogP contribution in [-0.2, 0) is 6.42 Å². The van der Waals surface area contributed by atoms with Gasteiger partial charge in [-0.1, -0.05) is 0 Å². The van der Waals surface area contributed by atoms with Crippen LogP contribution in [0.5, 0.6) is 5.75 Å². The molecule has 2 aromatic rings. The summed E-state index contributed by atoms with van der Waals surface area (Å²) in [5.74, 6) is -0.0439. The molecular weight excluding hydrogens is 207 g/mol. The molecule has 0 aliphatic heterocycles. The zero-order chi connectivity index (χ0) is 11.7. The summed E-state index contributed by atoms with van der Waals surface area (Å²) in [4.78, 5) is 3.21. The average Bonchev–Trinajstić information content (AvgIpc) is 2.57. The maximum absolute atomic E-state index is 13.6. The number of halogens is 1. The van der Waals surface area contributed by atoms with E-state index in [2.05, 4.69) is 4.98 Å². The topological polar surface area (TPSA) is 51.0 Å². The standard InChI is InChI=1S/C12H15FN2O/c1-7-8(5-6-14)11-10(15-7)4-3-9(13)12(11)16-2/h3-4,15H,5-6,14H2,1-2H3. The van der Waals surface area contributed by atoms with E-state index in [1.807, 2.05) is 6.92 Å². The summed E-state index contributed by atoms with van der Waals surface area (Å²) >= 11 is 0. The summed E-state index contributed by atoms with van der Waals surface area (Å²) in [6.45, 7) is 2.50. The van der Waals surface area contributed by atoms with Gasteiger partial charge in [-0.25, -0.2) is 4.39 Å². The smallest absolute Gasteiger partial charge is 0.165 e. The van der Waals surface area contributed by atoms with Gasteiger partial charge in [0.25, 0.3) is 0 Å². The molecule has 0 aliphatic rings. The van der Waals surface area contributed by atoms with Crippen molar-refractivity contribution < 1.29 is 9.13 Å². The summed E-state index contributed by atoms with van der Waals surface area (Å²) in [6, 6.07) is 3.13. The van der Waals surface area contributed by atoms with Crippen molar-refractivity contribution in [2.75, 3.05) is 13.7 Å². The van der Waals surface area contributed by atoms with Crippen molar-refractivity contribution in [2.45, 2.75) is 13.3 Å². The molecule has 0 atom stereocenters. The van der Waals surface area contributed by atoms with E-state index in [-0.39, 0.29) is 5.82 Å². The number of aromatic nitrogens is 1. The number of aryl methyl sites for hydroxylation is 1. The van der Waals surface area contributed by atoms with Crippen LogP contribution in [0.25, 0.3) is 10.9 Å². The van der Waals surface area contributed by atoms with E-state index in [1.165, 1.54) is 13.2 Å². The zero-order valence-corrected chi connectivity index (χ0v) is 9.43. The number of benzene rings is 1. The normalized spacial score (nSPS) is 11.0. The summed E-state index contributed by atoms with van der Waals surface area (Å²) < 4.78 is 18.7. The molecule has 0 bridgehead atoms. The number of methoxy groups -OCH3 is 1. The molecule has 3 nitrogen and oxygen atoms in total. The highest BCUT2D eigenvalue weighted by Gasteiger charge is 2.15. The number of ether oxygens (including phenoxy) is 1. The molecule has 3 N–H and O–H groups in total. The minimum atomic E-state index is -0.340. The minimum Gasteiger partial charge on any atom is -0.493 e. The summed E-state index contributed by atoms with van der Waals surface area (Å²) in [5.41, 5.74) is 8.50. The third kappa shape index (κ3) is 1.55. The molecule has 0 saturated carbocycles. The highest BCUT2D eigenvalue weighted by atomic mass is 19.1. The highest BCUT2D eigenvalue weighted by Crippen LogP contribution is 2.33. The molecule has 0 amide bonds. The number of hydrogen-bond acceptors (Lipinski definition) is 2. The van der Waals surface area contributed by atoms with Crippen LogP contribution in [-0.4, -0.2) is 18.6 Å². The second-order valence-corrected chi connectivity index (χ2v) is 3.77. The highest BCUT2D eigenvalue weighted by molar-refractivity contribution is 5.90. The molecule has 86 valence electrons. The van der Waals surface area contributed by atoms with Crippen molar-refractivity contribution in [3.8, 4) is 5.75 Å².